The third-order valence-electron chi connectivity index (χ3n) is 3.31. The highest BCUT2D eigenvalue weighted by molar-refractivity contribution is 5.89. The maximum Gasteiger partial charge on any atom is 0.228 e. The van der Waals surface area contributed by atoms with Crippen LogP contribution in [0.25, 0.3) is 0 Å². The highest BCUT2D eigenvalue weighted by Gasteiger charge is 2.35. The Morgan fingerprint density at radius 1 is 1.60 bits per heavy atom. The molecule has 106 valence electrons. The van der Waals surface area contributed by atoms with Gasteiger partial charge in [0.15, 0.2) is 0 Å². The molecule has 20 heavy (non-hydrogen) atoms. The number of likely N-dealkylation sites (tertiary alicyclic amines) is 1. The highest BCUT2D eigenvalue weighted by Crippen LogP contribution is 2.20. The van der Waals surface area contributed by atoms with Gasteiger partial charge >= 0.3 is 0 Å². The zero-order valence-electron chi connectivity index (χ0n) is 11.5. The number of amides is 2. The van der Waals surface area contributed by atoms with E-state index < -0.39 is 0 Å². The summed E-state index contributed by atoms with van der Waals surface area (Å²) in [4.78, 5) is 35.4. The fourth-order valence-corrected chi connectivity index (χ4v) is 2.31. The topological polar surface area (TPSA) is 66.4 Å². The molecular formula is C14H18N4O2. The molecule has 0 saturated carbocycles. The van der Waals surface area contributed by atoms with Crippen LogP contribution in [0.5, 0.6) is 0 Å². The number of hydrogen-bond acceptors (Lipinski definition) is 4. The Morgan fingerprint density at radius 2 is 2.40 bits per heavy atom. The van der Waals surface area contributed by atoms with Gasteiger partial charge in [0.25, 0.3) is 0 Å². The first-order valence-electron chi connectivity index (χ1n) is 6.50. The molecule has 1 aliphatic heterocycles. The van der Waals surface area contributed by atoms with Gasteiger partial charge in [0, 0.05) is 39.0 Å². The molecular weight excluding hydrogens is 256 g/mol. The Morgan fingerprint density at radius 3 is 3.05 bits per heavy atom. The monoisotopic (exact) mass is 274 g/mol. The van der Waals surface area contributed by atoms with Gasteiger partial charge in [0.1, 0.15) is 0 Å². The molecule has 2 amide bonds. The molecule has 0 radical (unpaired) electrons. The van der Waals surface area contributed by atoms with Gasteiger partial charge in [-0.15, -0.1) is 6.58 Å². The predicted molar refractivity (Wildman–Crippen MR) is 73.4 cm³/mol. The maximum absolute atomic E-state index is 12.3. The minimum atomic E-state index is -0.274. The SMILES string of the molecule is C=CCN1C[C@@H](C(=O)N(C)Cc2cnccn2)CC1=O. The molecule has 1 fully saturated rings. The van der Waals surface area contributed by atoms with Crippen LogP contribution < -0.4 is 0 Å². The zero-order valence-corrected chi connectivity index (χ0v) is 11.5. The maximum atomic E-state index is 12.3. The third kappa shape index (κ3) is 3.20. The fourth-order valence-electron chi connectivity index (χ4n) is 2.31. The summed E-state index contributed by atoms with van der Waals surface area (Å²) < 4.78 is 0. The number of carbonyl (C=O) groups is 2. The van der Waals surface area contributed by atoms with Gasteiger partial charge in [-0.25, -0.2) is 0 Å². The van der Waals surface area contributed by atoms with Crippen molar-refractivity contribution in [3.63, 3.8) is 0 Å². The van der Waals surface area contributed by atoms with E-state index >= 15 is 0 Å². The van der Waals surface area contributed by atoms with Gasteiger partial charge in [-0.1, -0.05) is 6.08 Å². The largest absolute Gasteiger partial charge is 0.339 e. The van der Waals surface area contributed by atoms with Crippen LogP contribution in [0.15, 0.2) is 31.2 Å². The fraction of sp³-hybridized carbons (Fsp3) is 0.429. The first-order valence-corrected chi connectivity index (χ1v) is 6.50. The van der Waals surface area contributed by atoms with E-state index in [1.807, 2.05) is 0 Å². The second-order valence-corrected chi connectivity index (χ2v) is 4.88. The molecule has 0 aromatic carbocycles. The molecule has 1 aliphatic rings. The summed E-state index contributed by atoms with van der Waals surface area (Å²) in [7, 11) is 1.72. The Kier molecular flexibility index (Phi) is 4.45. The Labute approximate surface area is 118 Å². The van der Waals surface area contributed by atoms with E-state index in [9.17, 15) is 9.59 Å². The minimum absolute atomic E-state index is 0.0103. The van der Waals surface area contributed by atoms with E-state index in [1.165, 1.54) is 0 Å². The molecule has 1 aromatic rings. The summed E-state index contributed by atoms with van der Waals surface area (Å²) in [6, 6.07) is 0. The third-order valence-corrected chi connectivity index (χ3v) is 3.31. The number of hydrogen-bond donors (Lipinski definition) is 0. The lowest BCUT2D eigenvalue weighted by molar-refractivity contribution is -0.135. The quantitative estimate of drug-likeness (QED) is 0.732. The molecule has 1 saturated heterocycles. The molecule has 0 unspecified atom stereocenters. The summed E-state index contributed by atoms with van der Waals surface area (Å²) in [5, 5.41) is 0. The van der Waals surface area contributed by atoms with Crippen LogP contribution in [-0.2, 0) is 16.1 Å². The number of rotatable bonds is 5. The van der Waals surface area contributed by atoms with Crippen molar-refractivity contribution in [3.05, 3.63) is 36.9 Å². The second kappa shape index (κ2) is 6.27. The second-order valence-electron chi connectivity index (χ2n) is 4.88. The van der Waals surface area contributed by atoms with E-state index in [0.717, 1.165) is 5.69 Å². The molecule has 0 bridgehead atoms. The average Bonchev–Trinajstić information content (AvgIpc) is 2.81. The number of aromatic nitrogens is 2. The first-order chi connectivity index (χ1) is 9.61. The van der Waals surface area contributed by atoms with Crippen molar-refractivity contribution < 1.29 is 9.59 Å². The Balaban J connectivity index is 1.94. The predicted octanol–water partition coefficient (Wildman–Crippen LogP) is 0.469. The number of carbonyl (C=O) groups excluding carboxylic acids is 2. The molecule has 0 aliphatic carbocycles. The lowest BCUT2D eigenvalue weighted by Gasteiger charge is -2.20. The summed E-state index contributed by atoms with van der Waals surface area (Å²) in [5.74, 6) is -0.296. The van der Waals surface area contributed by atoms with Gasteiger partial charge in [-0.3, -0.25) is 19.6 Å². The van der Waals surface area contributed by atoms with Crippen LogP contribution >= 0.6 is 0 Å². The molecule has 0 spiro atoms. The Bertz CT molecular complexity index is 503. The lowest BCUT2D eigenvalue weighted by Crippen LogP contribution is -2.34. The summed E-state index contributed by atoms with van der Waals surface area (Å²) in [5.41, 5.74) is 0.732. The van der Waals surface area contributed by atoms with Gasteiger partial charge in [0.2, 0.25) is 11.8 Å². The van der Waals surface area contributed by atoms with Gasteiger partial charge in [-0.2, -0.15) is 0 Å². The molecule has 6 nitrogen and oxygen atoms in total. The number of nitrogens with zero attached hydrogens (tertiary/aromatic N) is 4. The smallest absolute Gasteiger partial charge is 0.228 e. The van der Waals surface area contributed by atoms with Gasteiger partial charge < -0.3 is 9.80 Å². The molecule has 0 N–H and O–H groups in total. The van der Waals surface area contributed by atoms with Crippen molar-refractivity contribution in [1.82, 2.24) is 19.8 Å². The molecule has 6 heteroatoms. The van der Waals surface area contributed by atoms with E-state index in [4.69, 9.17) is 0 Å². The van der Waals surface area contributed by atoms with Crippen molar-refractivity contribution in [2.24, 2.45) is 5.92 Å². The van der Waals surface area contributed by atoms with Crippen molar-refractivity contribution in [2.75, 3.05) is 20.1 Å². The summed E-state index contributed by atoms with van der Waals surface area (Å²) >= 11 is 0. The standard InChI is InChI=1S/C14H18N4O2/c1-3-6-18-9-11(7-13(18)19)14(20)17(2)10-12-8-15-4-5-16-12/h3-5,8,11H,1,6-7,9-10H2,2H3/t11-/m0/s1. The van der Waals surface area contributed by atoms with Crippen LogP contribution in [0.1, 0.15) is 12.1 Å². The Hall–Kier alpha value is -2.24. The van der Waals surface area contributed by atoms with Gasteiger partial charge in [0.05, 0.1) is 24.4 Å². The van der Waals surface area contributed by atoms with Gasteiger partial charge in [-0.05, 0) is 0 Å². The van der Waals surface area contributed by atoms with Crippen molar-refractivity contribution in [2.45, 2.75) is 13.0 Å². The molecule has 1 atom stereocenters. The average molecular weight is 274 g/mol. The lowest BCUT2D eigenvalue weighted by atomic mass is 10.1. The van der Waals surface area contributed by atoms with Crippen LogP contribution in [0.2, 0.25) is 0 Å². The molecule has 1 aromatic heterocycles. The van der Waals surface area contributed by atoms with Crippen molar-refractivity contribution in [3.8, 4) is 0 Å². The van der Waals surface area contributed by atoms with Crippen LogP contribution in [0.3, 0.4) is 0 Å². The van der Waals surface area contributed by atoms with E-state index in [2.05, 4.69) is 16.5 Å². The zero-order chi connectivity index (χ0) is 14.5. The molecule has 2 heterocycles. The first kappa shape index (κ1) is 14.2. The normalized spacial score (nSPS) is 18.1. The van der Waals surface area contributed by atoms with E-state index in [-0.39, 0.29) is 24.2 Å². The molecule has 2 rings (SSSR count). The minimum Gasteiger partial charge on any atom is -0.339 e. The van der Waals surface area contributed by atoms with Crippen LogP contribution in [0.4, 0.5) is 0 Å². The van der Waals surface area contributed by atoms with Crippen LogP contribution in [-0.4, -0.2) is 51.7 Å². The van der Waals surface area contributed by atoms with E-state index in [0.29, 0.717) is 19.6 Å². The van der Waals surface area contributed by atoms with Crippen LogP contribution in [0, 0.1) is 5.92 Å². The summed E-state index contributed by atoms with van der Waals surface area (Å²) in [6.07, 6.45) is 6.77. The summed E-state index contributed by atoms with van der Waals surface area (Å²) in [6.45, 7) is 4.98. The highest BCUT2D eigenvalue weighted by atomic mass is 16.2. The van der Waals surface area contributed by atoms with Crippen molar-refractivity contribution >= 4 is 11.8 Å². The van der Waals surface area contributed by atoms with E-state index in [1.54, 1.807) is 41.5 Å². The van der Waals surface area contributed by atoms with Crippen molar-refractivity contribution in [1.29, 1.82) is 0 Å².